The molecular formula is C12H24N2O. The van der Waals surface area contributed by atoms with Gasteiger partial charge in [0, 0.05) is 18.1 Å². The minimum absolute atomic E-state index is 0.297. The summed E-state index contributed by atoms with van der Waals surface area (Å²) in [5.41, 5.74) is 0. The highest BCUT2D eigenvalue weighted by Crippen LogP contribution is 2.30. The molecule has 2 heterocycles. The summed E-state index contributed by atoms with van der Waals surface area (Å²) in [6.45, 7) is 7.25. The first kappa shape index (κ1) is 11.4. The first-order valence-corrected chi connectivity index (χ1v) is 6.32. The first-order valence-electron chi connectivity index (χ1n) is 6.32. The third-order valence-corrected chi connectivity index (χ3v) is 4.03. The Morgan fingerprint density at radius 3 is 2.87 bits per heavy atom. The van der Waals surface area contributed by atoms with E-state index < -0.39 is 0 Å². The highest BCUT2D eigenvalue weighted by atomic mass is 16.3. The topological polar surface area (TPSA) is 35.5 Å². The van der Waals surface area contributed by atoms with Gasteiger partial charge in [-0.3, -0.25) is 4.90 Å². The Morgan fingerprint density at radius 2 is 2.27 bits per heavy atom. The van der Waals surface area contributed by atoms with Crippen LogP contribution in [-0.4, -0.2) is 47.8 Å². The van der Waals surface area contributed by atoms with Gasteiger partial charge in [-0.05, 0) is 52.1 Å². The van der Waals surface area contributed by atoms with E-state index in [0.717, 1.165) is 24.9 Å². The van der Waals surface area contributed by atoms with Gasteiger partial charge in [-0.15, -0.1) is 0 Å². The summed E-state index contributed by atoms with van der Waals surface area (Å²) in [6.07, 6.45) is 3.86. The number of nitrogens with zero attached hydrogens (tertiary/aromatic N) is 1. The minimum Gasteiger partial charge on any atom is -0.395 e. The third-order valence-electron chi connectivity index (χ3n) is 4.03. The number of likely N-dealkylation sites (tertiary alicyclic amines) is 1. The number of nitrogens with one attached hydrogen (secondary N) is 1. The quantitative estimate of drug-likeness (QED) is 0.727. The molecule has 88 valence electrons. The van der Waals surface area contributed by atoms with E-state index in [4.69, 9.17) is 5.11 Å². The second kappa shape index (κ2) is 4.81. The van der Waals surface area contributed by atoms with Crippen molar-refractivity contribution < 1.29 is 5.11 Å². The van der Waals surface area contributed by atoms with E-state index in [9.17, 15) is 0 Å². The Morgan fingerprint density at radius 1 is 1.47 bits per heavy atom. The lowest BCUT2D eigenvalue weighted by Crippen LogP contribution is -2.40. The largest absolute Gasteiger partial charge is 0.395 e. The highest BCUT2D eigenvalue weighted by Gasteiger charge is 2.36. The molecule has 0 bridgehead atoms. The van der Waals surface area contributed by atoms with Crippen molar-refractivity contribution in [2.75, 3.05) is 19.7 Å². The predicted molar refractivity (Wildman–Crippen MR) is 61.8 cm³/mol. The van der Waals surface area contributed by atoms with Gasteiger partial charge in [-0.2, -0.15) is 0 Å². The molecule has 0 aromatic heterocycles. The fourth-order valence-corrected chi connectivity index (χ4v) is 3.24. The molecule has 2 fully saturated rings. The van der Waals surface area contributed by atoms with Crippen LogP contribution in [0.4, 0.5) is 0 Å². The van der Waals surface area contributed by atoms with E-state index in [0.29, 0.717) is 18.7 Å². The molecule has 2 saturated heterocycles. The molecule has 3 atom stereocenters. The van der Waals surface area contributed by atoms with E-state index in [1.165, 1.54) is 19.4 Å². The van der Waals surface area contributed by atoms with Crippen LogP contribution in [0.5, 0.6) is 0 Å². The maximum Gasteiger partial charge on any atom is 0.0584 e. The molecule has 3 unspecified atom stereocenters. The fourth-order valence-electron chi connectivity index (χ4n) is 3.24. The van der Waals surface area contributed by atoms with Gasteiger partial charge in [0.2, 0.25) is 0 Å². The Hall–Kier alpha value is -0.120. The third kappa shape index (κ3) is 2.35. The van der Waals surface area contributed by atoms with E-state index in [2.05, 4.69) is 24.1 Å². The van der Waals surface area contributed by atoms with Crippen molar-refractivity contribution in [2.45, 2.75) is 51.2 Å². The predicted octanol–water partition coefficient (Wildman–Crippen LogP) is 0.830. The molecule has 15 heavy (non-hydrogen) atoms. The molecule has 3 heteroatoms. The van der Waals surface area contributed by atoms with E-state index >= 15 is 0 Å². The summed E-state index contributed by atoms with van der Waals surface area (Å²) in [6, 6.07) is 1.78. The lowest BCUT2D eigenvalue weighted by atomic mass is 9.94. The van der Waals surface area contributed by atoms with Gasteiger partial charge in [0.05, 0.1) is 6.61 Å². The first-order chi connectivity index (χ1) is 7.22. The molecule has 2 N–H and O–H groups in total. The van der Waals surface area contributed by atoms with E-state index in [1.807, 2.05) is 0 Å². The van der Waals surface area contributed by atoms with Gasteiger partial charge in [-0.25, -0.2) is 0 Å². The monoisotopic (exact) mass is 212 g/mol. The zero-order valence-corrected chi connectivity index (χ0v) is 9.95. The SMILES string of the molecule is CC(C)N1CCCC1C1CNC(CO)C1. The van der Waals surface area contributed by atoms with Crippen LogP contribution in [-0.2, 0) is 0 Å². The molecule has 0 amide bonds. The minimum atomic E-state index is 0.297. The van der Waals surface area contributed by atoms with Crippen LogP contribution in [0.25, 0.3) is 0 Å². The molecule has 2 rings (SSSR count). The molecule has 0 aromatic rings. The smallest absolute Gasteiger partial charge is 0.0584 e. The number of aliphatic hydroxyl groups excluding tert-OH is 1. The molecule has 2 aliphatic rings. The van der Waals surface area contributed by atoms with Crippen LogP contribution >= 0.6 is 0 Å². The summed E-state index contributed by atoms with van der Waals surface area (Å²) in [5.74, 6) is 0.757. The van der Waals surface area contributed by atoms with Gasteiger partial charge in [-0.1, -0.05) is 0 Å². The number of hydrogen-bond acceptors (Lipinski definition) is 3. The van der Waals surface area contributed by atoms with Gasteiger partial charge < -0.3 is 10.4 Å². The van der Waals surface area contributed by atoms with Crippen molar-refractivity contribution >= 4 is 0 Å². The van der Waals surface area contributed by atoms with Gasteiger partial charge >= 0.3 is 0 Å². The normalized spacial score (nSPS) is 38.0. The molecule has 0 radical (unpaired) electrons. The van der Waals surface area contributed by atoms with Crippen molar-refractivity contribution in [1.82, 2.24) is 10.2 Å². The Bertz CT molecular complexity index is 208. The molecule has 3 nitrogen and oxygen atoms in total. The zero-order chi connectivity index (χ0) is 10.8. The van der Waals surface area contributed by atoms with Crippen molar-refractivity contribution in [3.63, 3.8) is 0 Å². The summed E-state index contributed by atoms with van der Waals surface area (Å²) >= 11 is 0. The Labute approximate surface area is 92.8 Å². The Kier molecular flexibility index (Phi) is 3.65. The van der Waals surface area contributed by atoms with Gasteiger partial charge in [0.1, 0.15) is 0 Å². The average Bonchev–Trinajstić information content (AvgIpc) is 2.85. The second-order valence-corrected chi connectivity index (χ2v) is 5.32. The van der Waals surface area contributed by atoms with Gasteiger partial charge in [0.15, 0.2) is 0 Å². The number of rotatable bonds is 3. The maximum absolute atomic E-state index is 9.13. The van der Waals surface area contributed by atoms with Crippen molar-refractivity contribution in [1.29, 1.82) is 0 Å². The molecular weight excluding hydrogens is 188 g/mol. The highest BCUT2D eigenvalue weighted by molar-refractivity contribution is 4.93. The summed E-state index contributed by atoms with van der Waals surface area (Å²) in [5, 5.41) is 12.5. The average molecular weight is 212 g/mol. The van der Waals surface area contributed by atoms with Crippen LogP contribution in [0.1, 0.15) is 33.1 Å². The van der Waals surface area contributed by atoms with Crippen LogP contribution in [0.3, 0.4) is 0 Å². The lowest BCUT2D eigenvalue weighted by molar-refractivity contribution is 0.155. The molecule has 0 aliphatic carbocycles. The zero-order valence-electron chi connectivity index (χ0n) is 9.95. The molecule has 0 saturated carbocycles. The lowest BCUT2D eigenvalue weighted by Gasteiger charge is -2.32. The number of hydrogen-bond donors (Lipinski definition) is 2. The number of aliphatic hydroxyl groups is 1. The Balaban J connectivity index is 1.93. The maximum atomic E-state index is 9.13. The molecule has 0 aromatic carbocycles. The second-order valence-electron chi connectivity index (χ2n) is 5.32. The molecule has 0 spiro atoms. The van der Waals surface area contributed by atoms with Crippen LogP contribution in [0, 0.1) is 5.92 Å². The standard InChI is InChI=1S/C12H24N2O/c1-9(2)14-5-3-4-12(14)10-6-11(8-15)13-7-10/h9-13,15H,3-8H2,1-2H3. The summed E-state index contributed by atoms with van der Waals surface area (Å²) in [4.78, 5) is 2.64. The molecule has 2 aliphatic heterocycles. The van der Waals surface area contributed by atoms with Crippen LogP contribution < -0.4 is 5.32 Å². The summed E-state index contributed by atoms with van der Waals surface area (Å²) in [7, 11) is 0. The van der Waals surface area contributed by atoms with E-state index in [1.54, 1.807) is 0 Å². The van der Waals surface area contributed by atoms with Crippen molar-refractivity contribution in [2.24, 2.45) is 5.92 Å². The van der Waals surface area contributed by atoms with Crippen LogP contribution in [0.2, 0.25) is 0 Å². The fraction of sp³-hybridized carbons (Fsp3) is 1.00. The van der Waals surface area contributed by atoms with Gasteiger partial charge in [0.25, 0.3) is 0 Å². The van der Waals surface area contributed by atoms with Crippen molar-refractivity contribution in [3.05, 3.63) is 0 Å². The van der Waals surface area contributed by atoms with E-state index in [-0.39, 0.29) is 0 Å². The van der Waals surface area contributed by atoms with Crippen molar-refractivity contribution in [3.8, 4) is 0 Å². The summed E-state index contributed by atoms with van der Waals surface area (Å²) < 4.78 is 0. The van der Waals surface area contributed by atoms with Crippen LogP contribution in [0.15, 0.2) is 0 Å².